The molecule has 0 aliphatic carbocycles. The van der Waals surface area contributed by atoms with Crippen LogP contribution >= 0.6 is 11.6 Å². The highest BCUT2D eigenvalue weighted by molar-refractivity contribution is 6.31. The lowest BCUT2D eigenvalue weighted by molar-refractivity contribution is 0.188. The molecule has 1 aliphatic rings. The number of β-amino-alcohol motifs (C(OH)–C–C–N with tert-alkyl or cyclic N) is 1. The van der Waals surface area contributed by atoms with Crippen LogP contribution in [0.15, 0.2) is 12.3 Å². The second-order valence-electron chi connectivity index (χ2n) is 4.34. The first-order valence-electron chi connectivity index (χ1n) is 6.08. The van der Waals surface area contributed by atoms with Crippen LogP contribution in [0, 0.1) is 0 Å². The Kier molecular flexibility index (Phi) is 4.77. The zero-order chi connectivity index (χ0) is 13.0. The Balaban J connectivity index is 2.01. The molecule has 0 atom stereocenters. The van der Waals surface area contributed by atoms with Crippen LogP contribution in [0.5, 0.6) is 0 Å². The number of aromatic nitrogens is 1. The van der Waals surface area contributed by atoms with Gasteiger partial charge in [-0.1, -0.05) is 11.6 Å². The zero-order valence-electron chi connectivity index (χ0n) is 10.2. The topological polar surface area (TPSA) is 59.8 Å². The molecule has 1 fully saturated rings. The first-order valence-corrected chi connectivity index (χ1v) is 6.46. The maximum atomic E-state index is 9.19. The molecule has 0 saturated carbocycles. The third-order valence-corrected chi connectivity index (χ3v) is 3.54. The highest BCUT2D eigenvalue weighted by Gasteiger charge is 2.18. The van der Waals surface area contributed by atoms with Gasteiger partial charge in [0, 0.05) is 44.5 Å². The number of nitrogens with zero attached hydrogens (tertiary/aromatic N) is 3. The van der Waals surface area contributed by atoms with Gasteiger partial charge in [0.25, 0.3) is 0 Å². The number of hydrogen-bond acceptors (Lipinski definition) is 5. The van der Waals surface area contributed by atoms with Crippen molar-refractivity contribution in [1.29, 1.82) is 0 Å². The van der Waals surface area contributed by atoms with Gasteiger partial charge in [0.2, 0.25) is 0 Å². The molecule has 1 aromatic heterocycles. The standard InChI is InChI=1S/C12H18ClN3O2/c13-11-8-14-12(7-10(11)9-18)16-3-1-15(2-4-16)5-6-17/h7-8,17-18H,1-6,9H2. The molecule has 100 valence electrons. The molecule has 2 N–H and O–H groups in total. The van der Waals surface area contributed by atoms with Gasteiger partial charge >= 0.3 is 0 Å². The maximum absolute atomic E-state index is 9.19. The Hall–Kier alpha value is -0.880. The van der Waals surface area contributed by atoms with E-state index >= 15 is 0 Å². The van der Waals surface area contributed by atoms with Crippen molar-refractivity contribution in [2.45, 2.75) is 6.61 Å². The SMILES string of the molecule is OCCN1CCN(c2cc(CO)c(Cl)cn2)CC1. The van der Waals surface area contributed by atoms with E-state index in [9.17, 15) is 5.11 Å². The summed E-state index contributed by atoms with van der Waals surface area (Å²) in [6, 6.07) is 1.84. The summed E-state index contributed by atoms with van der Waals surface area (Å²) in [5, 5.41) is 18.6. The molecule has 1 saturated heterocycles. The van der Waals surface area contributed by atoms with Crippen molar-refractivity contribution >= 4 is 17.4 Å². The molecule has 0 unspecified atom stereocenters. The van der Waals surface area contributed by atoms with Gasteiger partial charge in [-0.3, -0.25) is 4.90 Å². The van der Waals surface area contributed by atoms with Crippen molar-refractivity contribution in [3.8, 4) is 0 Å². The van der Waals surface area contributed by atoms with Crippen LogP contribution in [0.2, 0.25) is 5.02 Å². The Morgan fingerprint density at radius 2 is 1.94 bits per heavy atom. The van der Waals surface area contributed by atoms with Crippen molar-refractivity contribution in [2.24, 2.45) is 0 Å². The number of rotatable bonds is 4. The second kappa shape index (κ2) is 6.33. The van der Waals surface area contributed by atoms with E-state index in [1.54, 1.807) is 6.20 Å². The fraction of sp³-hybridized carbons (Fsp3) is 0.583. The number of piperazine rings is 1. The van der Waals surface area contributed by atoms with Gasteiger partial charge in [0.1, 0.15) is 5.82 Å². The molecule has 2 heterocycles. The van der Waals surface area contributed by atoms with E-state index in [0.29, 0.717) is 10.6 Å². The van der Waals surface area contributed by atoms with E-state index in [0.717, 1.165) is 38.5 Å². The molecule has 0 amide bonds. The molecule has 5 nitrogen and oxygen atoms in total. The smallest absolute Gasteiger partial charge is 0.129 e. The Morgan fingerprint density at radius 3 is 2.56 bits per heavy atom. The Labute approximate surface area is 112 Å². The number of pyridine rings is 1. The van der Waals surface area contributed by atoms with Crippen molar-refractivity contribution in [3.05, 3.63) is 22.8 Å². The minimum Gasteiger partial charge on any atom is -0.395 e. The molecule has 0 aromatic carbocycles. The Morgan fingerprint density at radius 1 is 1.22 bits per heavy atom. The van der Waals surface area contributed by atoms with E-state index in [1.165, 1.54) is 0 Å². The molecule has 2 rings (SSSR count). The summed E-state index contributed by atoms with van der Waals surface area (Å²) in [4.78, 5) is 8.69. The minimum absolute atomic E-state index is 0.0706. The fourth-order valence-electron chi connectivity index (χ4n) is 2.10. The molecule has 1 aliphatic heterocycles. The van der Waals surface area contributed by atoms with E-state index in [2.05, 4.69) is 14.8 Å². The average Bonchev–Trinajstić information content (AvgIpc) is 2.41. The normalized spacial score (nSPS) is 17.2. The first-order chi connectivity index (χ1) is 8.74. The summed E-state index contributed by atoms with van der Waals surface area (Å²) in [7, 11) is 0. The summed E-state index contributed by atoms with van der Waals surface area (Å²) in [5.41, 5.74) is 0.708. The monoisotopic (exact) mass is 271 g/mol. The van der Waals surface area contributed by atoms with Crippen LogP contribution in [-0.2, 0) is 6.61 Å². The summed E-state index contributed by atoms with van der Waals surface area (Å²) < 4.78 is 0. The van der Waals surface area contributed by atoms with Gasteiger partial charge in [-0.25, -0.2) is 4.98 Å². The Bertz CT molecular complexity index is 395. The van der Waals surface area contributed by atoms with Gasteiger partial charge in [-0.2, -0.15) is 0 Å². The van der Waals surface area contributed by atoms with Crippen LogP contribution in [0.4, 0.5) is 5.82 Å². The van der Waals surface area contributed by atoms with Crippen LogP contribution in [0.3, 0.4) is 0 Å². The van der Waals surface area contributed by atoms with Gasteiger partial charge in [-0.05, 0) is 6.07 Å². The number of aliphatic hydroxyl groups excluding tert-OH is 2. The third-order valence-electron chi connectivity index (χ3n) is 3.20. The number of halogens is 1. The molecular weight excluding hydrogens is 254 g/mol. The zero-order valence-corrected chi connectivity index (χ0v) is 11.0. The minimum atomic E-state index is -0.0706. The fourth-order valence-corrected chi connectivity index (χ4v) is 2.27. The lowest BCUT2D eigenvalue weighted by Crippen LogP contribution is -2.47. The maximum Gasteiger partial charge on any atom is 0.129 e. The van der Waals surface area contributed by atoms with Gasteiger partial charge in [0.15, 0.2) is 0 Å². The van der Waals surface area contributed by atoms with E-state index in [1.807, 2.05) is 6.07 Å². The van der Waals surface area contributed by atoms with Crippen molar-refractivity contribution in [3.63, 3.8) is 0 Å². The first kappa shape index (κ1) is 13.5. The summed E-state index contributed by atoms with van der Waals surface area (Å²) in [6.45, 7) is 4.44. The van der Waals surface area contributed by atoms with Gasteiger partial charge in [-0.15, -0.1) is 0 Å². The van der Waals surface area contributed by atoms with Crippen molar-refractivity contribution in [2.75, 3.05) is 44.2 Å². The lowest BCUT2D eigenvalue weighted by atomic mass is 10.2. The second-order valence-corrected chi connectivity index (χ2v) is 4.75. The lowest BCUT2D eigenvalue weighted by Gasteiger charge is -2.35. The quantitative estimate of drug-likeness (QED) is 0.827. The van der Waals surface area contributed by atoms with E-state index < -0.39 is 0 Å². The summed E-state index contributed by atoms with van der Waals surface area (Å²) in [6.07, 6.45) is 1.59. The van der Waals surface area contributed by atoms with Crippen LogP contribution in [0.25, 0.3) is 0 Å². The third kappa shape index (κ3) is 3.11. The van der Waals surface area contributed by atoms with E-state index in [4.69, 9.17) is 16.7 Å². The van der Waals surface area contributed by atoms with Gasteiger partial charge in [0.05, 0.1) is 18.2 Å². The highest BCUT2D eigenvalue weighted by Crippen LogP contribution is 2.21. The van der Waals surface area contributed by atoms with Crippen LogP contribution < -0.4 is 4.90 Å². The van der Waals surface area contributed by atoms with Gasteiger partial charge < -0.3 is 15.1 Å². The molecular formula is C12H18ClN3O2. The molecule has 0 bridgehead atoms. The number of hydrogen-bond donors (Lipinski definition) is 2. The predicted octanol–water partition coefficient (Wildman–Crippen LogP) is 0.342. The number of anilines is 1. The average molecular weight is 272 g/mol. The molecule has 1 aromatic rings. The molecule has 0 spiro atoms. The molecule has 6 heteroatoms. The van der Waals surface area contributed by atoms with Crippen molar-refractivity contribution < 1.29 is 10.2 Å². The largest absolute Gasteiger partial charge is 0.395 e. The van der Waals surface area contributed by atoms with E-state index in [-0.39, 0.29) is 13.2 Å². The van der Waals surface area contributed by atoms with Crippen LogP contribution in [-0.4, -0.2) is 59.4 Å². The number of aliphatic hydroxyl groups is 2. The molecule has 0 radical (unpaired) electrons. The van der Waals surface area contributed by atoms with Crippen molar-refractivity contribution in [1.82, 2.24) is 9.88 Å². The highest BCUT2D eigenvalue weighted by atomic mass is 35.5. The predicted molar refractivity (Wildman–Crippen MR) is 70.9 cm³/mol. The molecule has 18 heavy (non-hydrogen) atoms. The summed E-state index contributed by atoms with van der Waals surface area (Å²) in [5.74, 6) is 0.854. The summed E-state index contributed by atoms with van der Waals surface area (Å²) >= 11 is 5.92. The van der Waals surface area contributed by atoms with Crippen LogP contribution in [0.1, 0.15) is 5.56 Å².